The first-order valence-electron chi connectivity index (χ1n) is 7.18. The zero-order valence-electron chi connectivity index (χ0n) is 12.1. The quantitative estimate of drug-likeness (QED) is 0.883. The van der Waals surface area contributed by atoms with Crippen molar-refractivity contribution in [3.05, 3.63) is 34.3 Å². The SMILES string of the molecule is CCC1(C)CC(N[C@H](C)c2ccccc2Br)CCO1. The van der Waals surface area contributed by atoms with E-state index >= 15 is 0 Å². The molecule has 1 saturated heterocycles. The zero-order valence-corrected chi connectivity index (χ0v) is 13.7. The highest BCUT2D eigenvalue weighted by atomic mass is 79.9. The summed E-state index contributed by atoms with van der Waals surface area (Å²) in [6.07, 6.45) is 3.28. The van der Waals surface area contributed by atoms with Crippen LogP contribution in [0, 0.1) is 0 Å². The number of benzene rings is 1. The molecule has 1 aromatic rings. The third-order valence-electron chi connectivity index (χ3n) is 4.20. The molecule has 106 valence electrons. The molecule has 0 saturated carbocycles. The maximum absolute atomic E-state index is 5.91. The van der Waals surface area contributed by atoms with Gasteiger partial charge in [0, 0.05) is 23.2 Å². The molecule has 1 fully saturated rings. The lowest BCUT2D eigenvalue weighted by Gasteiger charge is -2.39. The highest BCUT2D eigenvalue weighted by Crippen LogP contribution is 2.30. The molecule has 0 bridgehead atoms. The molecule has 2 unspecified atom stereocenters. The van der Waals surface area contributed by atoms with E-state index < -0.39 is 0 Å². The van der Waals surface area contributed by atoms with Crippen LogP contribution in [0.4, 0.5) is 0 Å². The minimum Gasteiger partial charge on any atom is -0.375 e. The standard InChI is InChI=1S/C16H24BrNO/c1-4-16(3)11-13(9-10-19-16)18-12(2)14-7-5-6-8-15(14)17/h5-8,12-13,18H,4,9-11H2,1-3H3/t12-,13?,16?/m1/s1. The minimum atomic E-state index is 0.0452. The zero-order chi connectivity index (χ0) is 13.9. The number of hydrogen-bond acceptors (Lipinski definition) is 2. The maximum Gasteiger partial charge on any atom is 0.0666 e. The summed E-state index contributed by atoms with van der Waals surface area (Å²) >= 11 is 3.63. The lowest BCUT2D eigenvalue weighted by Crippen LogP contribution is -2.45. The van der Waals surface area contributed by atoms with E-state index in [2.05, 4.69) is 66.3 Å². The lowest BCUT2D eigenvalue weighted by molar-refractivity contribution is -0.0789. The molecule has 1 aliphatic heterocycles. The van der Waals surface area contributed by atoms with Gasteiger partial charge in [0.2, 0.25) is 0 Å². The van der Waals surface area contributed by atoms with Crippen LogP contribution in [0.2, 0.25) is 0 Å². The van der Waals surface area contributed by atoms with E-state index in [-0.39, 0.29) is 5.60 Å². The minimum absolute atomic E-state index is 0.0452. The van der Waals surface area contributed by atoms with Crippen LogP contribution in [0.3, 0.4) is 0 Å². The summed E-state index contributed by atoms with van der Waals surface area (Å²) < 4.78 is 7.09. The fraction of sp³-hybridized carbons (Fsp3) is 0.625. The van der Waals surface area contributed by atoms with E-state index in [4.69, 9.17) is 4.74 Å². The van der Waals surface area contributed by atoms with Crippen molar-refractivity contribution < 1.29 is 4.74 Å². The fourth-order valence-electron chi connectivity index (χ4n) is 2.79. The molecule has 3 heteroatoms. The van der Waals surface area contributed by atoms with Gasteiger partial charge in [-0.25, -0.2) is 0 Å². The van der Waals surface area contributed by atoms with Crippen molar-refractivity contribution in [2.45, 2.75) is 57.7 Å². The van der Waals surface area contributed by atoms with E-state index in [9.17, 15) is 0 Å². The molecule has 1 aliphatic rings. The maximum atomic E-state index is 5.91. The second kappa shape index (κ2) is 6.38. The van der Waals surface area contributed by atoms with Crippen LogP contribution in [0.5, 0.6) is 0 Å². The van der Waals surface area contributed by atoms with Crippen molar-refractivity contribution in [2.75, 3.05) is 6.61 Å². The van der Waals surface area contributed by atoms with Gasteiger partial charge in [0.15, 0.2) is 0 Å². The van der Waals surface area contributed by atoms with Gasteiger partial charge >= 0.3 is 0 Å². The van der Waals surface area contributed by atoms with Crippen molar-refractivity contribution in [2.24, 2.45) is 0 Å². The fourth-order valence-corrected chi connectivity index (χ4v) is 3.42. The van der Waals surface area contributed by atoms with Crippen LogP contribution in [-0.4, -0.2) is 18.2 Å². The van der Waals surface area contributed by atoms with Gasteiger partial charge in [0.1, 0.15) is 0 Å². The van der Waals surface area contributed by atoms with Gasteiger partial charge in [0.25, 0.3) is 0 Å². The Bertz CT molecular complexity index is 423. The van der Waals surface area contributed by atoms with Crippen LogP contribution in [-0.2, 0) is 4.74 Å². The average Bonchev–Trinajstić information content (AvgIpc) is 2.39. The van der Waals surface area contributed by atoms with Crippen LogP contribution >= 0.6 is 15.9 Å². The van der Waals surface area contributed by atoms with Crippen LogP contribution in [0.15, 0.2) is 28.7 Å². The monoisotopic (exact) mass is 325 g/mol. The van der Waals surface area contributed by atoms with Crippen molar-refractivity contribution in [1.29, 1.82) is 0 Å². The molecule has 3 atom stereocenters. The molecule has 1 aromatic carbocycles. The largest absolute Gasteiger partial charge is 0.375 e. The lowest BCUT2D eigenvalue weighted by atomic mass is 9.89. The first kappa shape index (κ1) is 15.0. The number of ether oxygens (including phenoxy) is 1. The molecular formula is C16H24BrNO. The number of halogens is 1. The highest BCUT2D eigenvalue weighted by Gasteiger charge is 2.32. The Morgan fingerprint density at radius 2 is 2.21 bits per heavy atom. The Morgan fingerprint density at radius 1 is 1.47 bits per heavy atom. The summed E-state index contributed by atoms with van der Waals surface area (Å²) in [4.78, 5) is 0. The second-order valence-corrected chi connectivity index (χ2v) is 6.61. The van der Waals surface area contributed by atoms with Gasteiger partial charge in [-0.15, -0.1) is 0 Å². The average molecular weight is 326 g/mol. The predicted octanol–water partition coefficient (Wildman–Crippen LogP) is 4.45. The summed E-state index contributed by atoms with van der Waals surface area (Å²) in [6.45, 7) is 7.53. The number of rotatable bonds is 4. The van der Waals surface area contributed by atoms with Gasteiger partial charge in [-0.1, -0.05) is 41.1 Å². The Kier molecular flexibility index (Phi) is 5.04. The Balaban J connectivity index is 1.99. The Hall–Kier alpha value is -0.380. The third kappa shape index (κ3) is 3.80. The van der Waals surface area contributed by atoms with E-state index in [0.717, 1.165) is 25.9 Å². The van der Waals surface area contributed by atoms with Gasteiger partial charge in [0.05, 0.1) is 5.60 Å². The van der Waals surface area contributed by atoms with Gasteiger partial charge in [-0.2, -0.15) is 0 Å². The van der Waals surface area contributed by atoms with Crippen LogP contribution in [0.1, 0.15) is 51.6 Å². The molecule has 0 radical (unpaired) electrons. The summed E-state index contributed by atoms with van der Waals surface area (Å²) in [5.41, 5.74) is 1.37. The van der Waals surface area contributed by atoms with Gasteiger partial charge < -0.3 is 10.1 Å². The van der Waals surface area contributed by atoms with Crippen molar-refractivity contribution in [3.63, 3.8) is 0 Å². The summed E-state index contributed by atoms with van der Waals surface area (Å²) in [5, 5.41) is 3.76. The van der Waals surface area contributed by atoms with Crippen LogP contribution in [0.25, 0.3) is 0 Å². The molecular weight excluding hydrogens is 302 g/mol. The molecule has 0 spiro atoms. The summed E-state index contributed by atoms with van der Waals surface area (Å²) in [6, 6.07) is 9.34. The van der Waals surface area contributed by atoms with E-state index in [0.29, 0.717) is 12.1 Å². The molecule has 2 rings (SSSR count). The van der Waals surface area contributed by atoms with Crippen molar-refractivity contribution in [1.82, 2.24) is 5.32 Å². The van der Waals surface area contributed by atoms with Crippen molar-refractivity contribution >= 4 is 15.9 Å². The first-order chi connectivity index (χ1) is 9.04. The van der Waals surface area contributed by atoms with Gasteiger partial charge in [-0.05, 0) is 44.7 Å². The predicted molar refractivity (Wildman–Crippen MR) is 83.4 cm³/mol. The second-order valence-electron chi connectivity index (χ2n) is 5.75. The molecule has 2 nitrogen and oxygen atoms in total. The summed E-state index contributed by atoms with van der Waals surface area (Å²) in [7, 11) is 0. The molecule has 19 heavy (non-hydrogen) atoms. The topological polar surface area (TPSA) is 21.3 Å². The van der Waals surface area contributed by atoms with E-state index in [1.54, 1.807) is 0 Å². The smallest absolute Gasteiger partial charge is 0.0666 e. The normalized spacial score (nSPS) is 29.2. The van der Waals surface area contributed by atoms with Gasteiger partial charge in [-0.3, -0.25) is 0 Å². The molecule has 0 aliphatic carbocycles. The molecule has 0 aromatic heterocycles. The summed E-state index contributed by atoms with van der Waals surface area (Å²) in [5.74, 6) is 0. The van der Waals surface area contributed by atoms with E-state index in [1.165, 1.54) is 10.0 Å². The Labute approximate surface area is 125 Å². The van der Waals surface area contributed by atoms with Crippen LogP contribution < -0.4 is 5.32 Å². The molecule has 0 amide bonds. The van der Waals surface area contributed by atoms with Crippen molar-refractivity contribution in [3.8, 4) is 0 Å². The number of hydrogen-bond donors (Lipinski definition) is 1. The number of nitrogens with one attached hydrogen (secondary N) is 1. The molecule has 1 heterocycles. The highest BCUT2D eigenvalue weighted by molar-refractivity contribution is 9.10. The first-order valence-corrected chi connectivity index (χ1v) is 7.98. The van der Waals surface area contributed by atoms with E-state index in [1.807, 2.05) is 0 Å². The third-order valence-corrected chi connectivity index (χ3v) is 4.92. The molecule has 1 N–H and O–H groups in total. The Morgan fingerprint density at radius 3 is 2.89 bits per heavy atom.